The lowest BCUT2D eigenvalue weighted by molar-refractivity contribution is 0.119. The Kier molecular flexibility index (Phi) is 8.14. The third kappa shape index (κ3) is 7.85. The van der Waals surface area contributed by atoms with Gasteiger partial charge in [-0.25, -0.2) is 13.1 Å². The first-order valence-electron chi connectivity index (χ1n) is 6.68. The van der Waals surface area contributed by atoms with E-state index in [-0.39, 0.29) is 11.7 Å². The van der Waals surface area contributed by atoms with Crippen molar-refractivity contribution >= 4 is 21.6 Å². The molecule has 20 heavy (non-hydrogen) atoms. The zero-order chi connectivity index (χ0) is 14.8. The highest BCUT2D eigenvalue weighted by molar-refractivity contribution is 7.89. The molecular weight excluding hydrogens is 298 g/mol. The second-order valence-corrected chi connectivity index (χ2v) is 6.99. The number of sulfonamides is 1. The summed E-state index contributed by atoms with van der Waals surface area (Å²) in [4.78, 5) is 0. The van der Waals surface area contributed by atoms with Gasteiger partial charge in [0.05, 0.1) is 12.4 Å². The van der Waals surface area contributed by atoms with Gasteiger partial charge in [0.25, 0.3) is 0 Å². The zero-order valence-corrected chi connectivity index (χ0v) is 13.3. The number of benzene rings is 1. The van der Waals surface area contributed by atoms with Crippen LogP contribution in [-0.2, 0) is 21.4 Å². The van der Waals surface area contributed by atoms with Gasteiger partial charge >= 0.3 is 0 Å². The van der Waals surface area contributed by atoms with Gasteiger partial charge < -0.3 is 4.74 Å². The summed E-state index contributed by atoms with van der Waals surface area (Å²) in [6.07, 6.45) is 0.654. The number of ether oxygens (including phenoxy) is 1. The fraction of sp³-hybridized carbons (Fsp3) is 0.571. The molecule has 1 rings (SSSR count). The van der Waals surface area contributed by atoms with Crippen LogP contribution in [0.5, 0.6) is 0 Å². The molecule has 1 aromatic rings. The SMILES string of the molecule is CC(CCl)CS(=O)(=O)NCCCOCc1ccccc1. The van der Waals surface area contributed by atoms with Crippen LogP contribution in [0, 0.1) is 5.92 Å². The summed E-state index contributed by atoms with van der Waals surface area (Å²) in [5.74, 6) is 0.381. The molecule has 114 valence electrons. The van der Waals surface area contributed by atoms with Crippen molar-refractivity contribution in [2.24, 2.45) is 5.92 Å². The van der Waals surface area contributed by atoms with Gasteiger partial charge in [0.2, 0.25) is 10.0 Å². The van der Waals surface area contributed by atoms with Gasteiger partial charge in [-0.1, -0.05) is 37.3 Å². The molecule has 0 aliphatic heterocycles. The normalized spacial score (nSPS) is 13.3. The summed E-state index contributed by atoms with van der Waals surface area (Å²) in [7, 11) is -3.22. The Balaban J connectivity index is 2.10. The van der Waals surface area contributed by atoms with E-state index in [9.17, 15) is 8.42 Å². The van der Waals surface area contributed by atoms with Crippen LogP contribution >= 0.6 is 11.6 Å². The molecule has 6 heteroatoms. The standard InChI is InChI=1S/C14H22ClNO3S/c1-13(10-15)12-20(17,18)16-8-5-9-19-11-14-6-3-2-4-7-14/h2-4,6-7,13,16H,5,8-12H2,1H3. The molecular formula is C14H22ClNO3S. The van der Waals surface area contributed by atoms with Crippen molar-refractivity contribution < 1.29 is 13.2 Å². The van der Waals surface area contributed by atoms with Gasteiger partial charge in [0.1, 0.15) is 0 Å². The largest absolute Gasteiger partial charge is 0.377 e. The fourth-order valence-electron chi connectivity index (χ4n) is 1.64. The summed E-state index contributed by atoms with van der Waals surface area (Å²) >= 11 is 5.61. The first-order valence-corrected chi connectivity index (χ1v) is 8.87. The monoisotopic (exact) mass is 319 g/mol. The molecule has 0 amide bonds. The van der Waals surface area contributed by atoms with Crippen molar-refractivity contribution in [1.82, 2.24) is 4.72 Å². The second kappa shape index (κ2) is 9.34. The molecule has 0 saturated carbocycles. The lowest BCUT2D eigenvalue weighted by Gasteiger charge is -2.10. The topological polar surface area (TPSA) is 55.4 Å². The Morgan fingerprint density at radius 3 is 2.65 bits per heavy atom. The van der Waals surface area contributed by atoms with Crippen LogP contribution in [0.2, 0.25) is 0 Å². The maximum atomic E-state index is 11.6. The maximum Gasteiger partial charge on any atom is 0.211 e. The average molecular weight is 320 g/mol. The van der Waals surface area contributed by atoms with Gasteiger partial charge in [0, 0.05) is 19.0 Å². The number of nitrogens with one attached hydrogen (secondary N) is 1. The van der Waals surface area contributed by atoms with E-state index >= 15 is 0 Å². The van der Waals surface area contributed by atoms with E-state index in [1.165, 1.54) is 0 Å². The number of hydrogen-bond donors (Lipinski definition) is 1. The third-order valence-corrected chi connectivity index (χ3v) is 4.84. The van der Waals surface area contributed by atoms with E-state index in [0.29, 0.717) is 32.1 Å². The molecule has 4 nitrogen and oxygen atoms in total. The second-order valence-electron chi connectivity index (χ2n) is 4.83. The van der Waals surface area contributed by atoms with Gasteiger partial charge in [-0.3, -0.25) is 0 Å². The zero-order valence-electron chi connectivity index (χ0n) is 11.7. The highest BCUT2D eigenvalue weighted by atomic mass is 35.5. The first-order chi connectivity index (χ1) is 9.53. The molecule has 0 aromatic heterocycles. The Bertz CT molecular complexity index is 465. The van der Waals surface area contributed by atoms with Crippen molar-refractivity contribution in [1.29, 1.82) is 0 Å². The molecule has 0 saturated heterocycles. The predicted molar refractivity (Wildman–Crippen MR) is 82.4 cm³/mol. The van der Waals surface area contributed by atoms with Gasteiger partial charge in [-0.15, -0.1) is 11.6 Å². The van der Waals surface area contributed by atoms with Crippen LogP contribution < -0.4 is 4.72 Å². The van der Waals surface area contributed by atoms with E-state index in [0.717, 1.165) is 5.56 Å². The molecule has 0 radical (unpaired) electrons. The molecule has 0 fully saturated rings. The van der Waals surface area contributed by atoms with Crippen molar-refractivity contribution in [3.63, 3.8) is 0 Å². The molecule has 1 aromatic carbocycles. The highest BCUT2D eigenvalue weighted by Gasteiger charge is 2.13. The van der Waals surface area contributed by atoms with E-state index in [4.69, 9.17) is 16.3 Å². The van der Waals surface area contributed by atoms with E-state index < -0.39 is 10.0 Å². The smallest absolute Gasteiger partial charge is 0.211 e. The van der Waals surface area contributed by atoms with Crippen LogP contribution in [0.25, 0.3) is 0 Å². The minimum absolute atomic E-state index is 0.0384. The number of alkyl halides is 1. The van der Waals surface area contributed by atoms with Crippen molar-refractivity contribution in [2.45, 2.75) is 20.0 Å². The number of hydrogen-bond acceptors (Lipinski definition) is 3. The summed E-state index contributed by atoms with van der Waals surface area (Å²) < 4.78 is 31.3. The Morgan fingerprint density at radius 1 is 1.30 bits per heavy atom. The number of halogens is 1. The lowest BCUT2D eigenvalue weighted by atomic mass is 10.2. The van der Waals surface area contributed by atoms with Crippen LogP contribution in [0.4, 0.5) is 0 Å². The Morgan fingerprint density at radius 2 is 2.00 bits per heavy atom. The van der Waals surface area contributed by atoms with Crippen molar-refractivity contribution in [3.05, 3.63) is 35.9 Å². The minimum atomic E-state index is -3.22. The number of rotatable bonds is 10. The van der Waals surface area contributed by atoms with Crippen LogP contribution in [-0.4, -0.2) is 33.2 Å². The Labute approximate surface area is 126 Å². The first kappa shape index (κ1) is 17.4. The molecule has 0 bridgehead atoms. The van der Waals surface area contributed by atoms with Crippen LogP contribution in [0.3, 0.4) is 0 Å². The molecule has 1 unspecified atom stereocenters. The molecule has 0 heterocycles. The highest BCUT2D eigenvalue weighted by Crippen LogP contribution is 2.03. The quantitative estimate of drug-likeness (QED) is 0.532. The van der Waals surface area contributed by atoms with Gasteiger partial charge in [-0.05, 0) is 17.9 Å². The predicted octanol–water partition coefficient (Wildman–Crippen LogP) is 2.39. The van der Waals surface area contributed by atoms with Crippen LogP contribution in [0.1, 0.15) is 18.9 Å². The van der Waals surface area contributed by atoms with Crippen molar-refractivity contribution in [2.75, 3.05) is 24.8 Å². The summed E-state index contributed by atoms with van der Waals surface area (Å²) in [6, 6.07) is 9.88. The average Bonchev–Trinajstić information content (AvgIpc) is 2.43. The summed E-state index contributed by atoms with van der Waals surface area (Å²) in [5.41, 5.74) is 1.11. The van der Waals surface area contributed by atoms with Crippen LogP contribution in [0.15, 0.2) is 30.3 Å². The third-order valence-electron chi connectivity index (χ3n) is 2.67. The lowest BCUT2D eigenvalue weighted by Crippen LogP contribution is -2.30. The van der Waals surface area contributed by atoms with E-state index in [1.807, 2.05) is 37.3 Å². The summed E-state index contributed by atoms with van der Waals surface area (Å²) in [5, 5.41) is 0. The van der Waals surface area contributed by atoms with E-state index in [2.05, 4.69) is 4.72 Å². The Hall–Kier alpha value is -0.620. The summed E-state index contributed by atoms with van der Waals surface area (Å²) in [6.45, 7) is 3.29. The molecule has 0 spiro atoms. The molecule has 0 aliphatic rings. The van der Waals surface area contributed by atoms with E-state index in [1.54, 1.807) is 0 Å². The maximum absolute atomic E-state index is 11.6. The fourth-order valence-corrected chi connectivity index (χ4v) is 3.32. The van der Waals surface area contributed by atoms with Gasteiger partial charge in [0.15, 0.2) is 0 Å². The van der Waals surface area contributed by atoms with Gasteiger partial charge in [-0.2, -0.15) is 0 Å². The van der Waals surface area contributed by atoms with Crippen molar-refractivity contribution in [3.8, 4) is 0 Å². The molecule has 1 atom stereocenters. The minimum Gasteiger partial charge on any atom is -0.377 e. The molecule has 1 N–H and O–H groups in total. The molecule has 0 aliphatic carbocycles.